The van der Waals surface area contributed by atoms with E-state index in [4.69, 9.17) is 5.73 Å². The topological polar surface area (TPSA) is 58.9 Å². The number of benzene rings is 2. The molecule has 0 fully saturated rings. The van der Waals surface area contributed by atoms with Crippen LogP contribution in [0.1, 0.15) is 43.0 Å². The van der Waals surface area contributed by atoms with Crippen LogP contribution in [0.5, 0.6) is 0 Å². The third kappa shape index (κ3) is 3.63. The lowest BCUT2D eigenvalue weighted by Crippen LogP contribution is -2.35. The number of hydrogen-bond donors (Lipinski definition) is 2. The summed E-state index contributed by atoms with van der Waals surface area (Å²) in [6.45, 7) is 10.0. The number of H-pyrrole nitrogens is 1. The van der Waals surface area contributed by atoms with Crippen molar-refractivity contribution in [1.29, 1.82) is 0 Å². The summed E-state index contributed by atoms with van der Waals surface area (Å²) in [7, 11) is 0. The molecule has 0 aliphatic heterocycles. The number of nitrogens with two attached hydrogens (primary N) is 1. The lowest BCUT2D eigenvalue weighted by Gasteiger charge is -2.26. The van der Waals surface area contributed by atoms with Crippen LogP contribution in [0.15, 0.2) is 59.9 Å². The third-order valence-corrected chi connectivity index (χ3v) is 4.95. The van der Waals surface area contributed by atoms with Crippen LogP contribution in [0.25, 0.3) is 16.5 Å². The molecule has 3 aromatic rings. The molecule has 1 atom stereocenters. The highest BCUT2D eigenvalue weighted by Crippen LogP contribution is 2.26. The van der Waals surface area contributed by atoms with Crippen molar-refractivity contribution in [2.24, 2.45) is 5.73 Å². The zero-order valence-corrected chi connectivity index (χ0v) is 15.7. The molecule has 1 aromatic heterocycles. The Hall–Kier alpha value is -2.65. The largest absolute Gasteiger partial charge is 0.322 e. The minimum atomic E-state index is -0.539. The predicted molar refractivity (Wildman–Crippen MR) is 110 cm³/mol. The van der Waals surface area contributed by atoms with Gasteiger partial charge in [0.1, 0.15) is 0 Å². The minimum absolute atomic E-state index is 0.0231. The molecule has 1 unspecified atom stereocenters. The Bertz CT molecular complexity index is 1030. The molecular formula is C23H26N2O. The predicted octanol–water partition coefficient (Wildman–Crippen LogP) is 4.54. The van der Waals surface area contributed by atoms with Crippen LogP contribution in [0.4, 0.5) is 0 Å². The maximum absolute atomic E-state index is 12.1. The molecule has 1 heterocycles. The number of aromatic amines is 1. The minimum Gasteiger partial charge on any atom is -0.322 e. The van der Waals surface area contributed by atoms with Gasteiger partial charge in [-0.15, -0.1) is 0 Å². The van der Waals surface area contributed by atoms with Crippen molar-refractivity contribution in [1.82, 2.24) is 4.98 Å². The number of aromatic nitrogens is 1. The maximum atomic E-state index is 12.1. The normalized spacial score (nSPS) is 13.5. The van der Waals surface area contributed by atoms with Gasteiger partial charge < -0.3 is 10.7 Å². The fourth-order valence-electron chi connectivity index (χ4n) is 3.34. The van der Waals surface area contributed by atoms with Crippen molar-refractivity contribution in [2.45, 2.75) is 39.2 Å². The first-order valence-electron chi connectivity index (χ1n) is 9.00. The van der Waals surface area contributed by atoms with Gasteiger partial charge in [-0.25, -0.2) is 0 Å². The highest BCUT2D eigenvalue weighted by Gasteiger charge is 2.22. The lowest BCUT2D eigenvalue weighted by molar-refractivity contribution is 0.492. The molecule has 0 amide bonds. The van der Waals surface area contributed by atoms with Gasteiger partial charge in [-0.1, -0.05) is 55.5 Å². The standard InChI is InChI=1S/C23H26N2O/c1-5-17-12-19-9-10-20(13-21(19)25-22(17)26)23(4,24)14-16-7-6-8-18(11-16)15(2)3/h6-13H,2,5,14,24H2,1,3-4H3,(H,25,26). The summed E-state index contributed by atoms with van der Waals surface area (Å²) in [5.41, 5.74) is 12.1. The van der Waals surface area contributed by atoms with Crippen LogP contribution in [-0.4, -0.2) is 4.98 Å². The summed E-state index contributed by atoms with van der Waals surface area (Å²) < 4.78 is 0. The molecule has 0 bridgehead atoms. The zero-order valence-electron chi connectivity index (χ0n) is 15.7. The van der Waals surface area contributed by atoms with E-state index < -0.39 is 5.54 Å². The van der Waals surface area contributed by atoms with E-state index in [1.54, 1.807) is 0 Å². The Morgan fingerprint density at radius 1 is 1.19 bits per heavy atom. The van der Waals surface area contributed by atoms with Gasteiger partial charge in [0.25, 0.3) is 5.56 Å². The van der Waals surface area contributed by atoms with E-state index in [-0.39, 0.29) is 5.56 Å². The lowest BCUT2D eigenvalue weighted by atomic mass is 9.85. The monoisotopic (exact) mass is 346 g/mol. The number of aryl methyl sites for hydroxylation is 1. The van der Waals surface area contributed by atoms with Gasteiger partial charge in [0.05, 0.1) is 0 Å². The summed E-state index contributed by atoms with van der Waals surface area (Å²) in [5, 5.41) is 1.03. The van der Waals surface area contributed by atoms with Crippen LogP contribution >= 0.6 is 0 Å². The first kappa shape index (κ1) is 18.2. The number of hydrogen-bond acceptors (Lipinski definition) is 2. The Morgan fingerprint density at radius 2 is 1.96 bits per heavy atom. The van der Waals surface area contributed by atoms with Gasteiger partial charge >= 0.3 is 0 Å². The van der Waals surface area contributed by atoms with E-state index in [0.29, 0.717) is 6.42 Å². The molecule has 0 saturated heterocycles. The van der Waals surface area contributed by atoms with Crippen molar-refractivity contribution in [3.05, 3.63) is 87.7 Å². The van der Waals surface area contributed by atoms with Crippen molar-refractivity contribution in [3.63, 3.8) is 0 Å². The van der Waals surface area contributed by atoms with E-state index in [1.165, 1.54) is 5.56 Å². The quantitative estimate of drug-likeness (QED) is 0.712. The van der Waals surface area contributed by atoms with E-state index in [0.717, 1.165) is 39.6 Å². The number of nitrogens with one attached hydrogen (secondary N) is 1. The molecule has 2 aromatic carbocycles. The summed E-state index contributed by atoms with van der Waals surface area (Å²) >= 11 is 0. The molecule has 3 rings (SSSR count). The summed E-state index contributed by atoms with van der Waals surface area (Å²) in [6.07, 6.45) is 1.43. The zero-order chi connectivity index (χ0) is 18.9. The molecule has 0 aliphatic rings. The second-order valence-electron chi connectivity index (χ2n) is 7.35. The number of pyridine rings is 1. The second-order valence-corrected chi connectivity index (χ2v) is 7.35. The summed E-state index contributed by atoms with van der Waals surface area (Å²) in [5.74, 6) is 0. The number of fused-ring (bicyclic) bond motifs is 1. The SMILES string of the molecule is C=C(C)c1cccc(CC(C)(N)c2ccc3cc(CC)c(=O)[nH]c3c2)c1. The van der Waals surface area contributed by atoms with Gasteiger partial charge in [0.15, 0.2) is 0 Å². The fourth-order valence-corrected chi connectivity index (χ4v) is 3.34. The Morgan fingerprint density at radius 3 is 2.65 bits per heavy atom. The molecule has 0 aliphatic carbocycles. The molecule has 3 heteroatoms. The van der Waals surface area contributed by atoms with Crippen LogP contribution in [0.3, 0.4) is 0 Å². The Balaban J connectivity index is 1.97. The van der Waals surface area contributed by atoms with E-state index in [9.17, 15) is 4.79 Å². The average Bonchev–Trinajstić information content (AvgIpc) is 2.60. The van der Waals surface area contributed by atoms with Crippen LogP contribution in [0.2, 0.25) is 0 Å². The first-order valence-corrected chi connectivity index (χ1v) is 9.00. The molecule has 26 heavy (non-hydrogen) atoms. The third-order valence-electron chi connectivity index (χ3n) is 4.95. The van der Waals surface area contributed by atoms with Gasteiger partial charge in [0.2, 0.25) is 0 Å². The molecule has 134 valence electrons. The average molecular weight is 346 g/mol. The Labute approximate surface area is 154 Å². The molecule has 0 radical (unpaired) electrons. The van der Waals surface area contributed by atoms with Crippen LogP contribution in [-0.2, 0) is 18.4 Å². The molecular weight excluding hydrogens is 320 g/mol. The van der Waals surface area contributed by atoms with Gasteiger partial charge in [-0.2, -0.15) is 0 Å². The highest BCUT2D eigenvalue weighted by molar-refractivity contribution is 5.80. The highest BCUT2D eigenvalue weighted by atomic mass is 16.1. The molecule has 0 spiro atoms. The van der Waals surface area contributed by atoms with Crippen molar-refractivity contribution in [3.8, 4) is 0 Å². The summed E-state index contributed by atoms with van der Waals surface area (Å²) in [6, 6.07) is 16.4. The van der Waals surface area contributed by atoms with E-state index in [1.807, 2.05) is 45.0 Å². The molecule has 3 N–H and O–H groups in total. The summed E-state index contributed by atoms with van der Waals surface area (Å²) in [4.78, 5) is 15.1. The molecule has 0 saturated carbocycles. The van der Waals surface area contributed by atoms with E-state index >= 15 is 0 Å². The van der Waals surface area contributed by atoms with Crippen molar-refractivity contribution < 1.29 is 0 Å². The first-order chi connectivity index (χ1) is 12.3. The van der Waals surface area contributed by atoms with Gasteiger partial charge in [-0.3, -0.25) is 4.79 Å². The van der Waals surface area contributed by atoms with Crippen LogP contribution < -0.4 is 11.3 Å². The van der Waals surface area contributed by atoms with Crippen LogP contribution in [0, 0.1) is 0 Å². The van der Waals surface area contributed by atoms with Crippen molar-refractivity contribution in [2.75, 3.05) is 0 Å². The van der Waals surface area contributed by atoms with Gasteiger partial charge in [-0.05, 0) is 60.9 Å². The number of allylic oxidation sites excluding steroid dienone is 1. The smallest absolute Gasteiger partial charge is 0.251 e. The van der Waals surface area contributed by atoms with Gasteiger partial charge in [0, 0.05) is 16.6 Å². The van der Waals surface area contributed by atoms with E-state index in [2.05, 4.69) is 35.8 Å². The Kier molecular flexibility index (Phi) is 4.84. The fraction of sp³-hybridized carbons (Fsp3) is 0.261. The molecule has 3 nitrogen and oxygen atoms in total. The second kappa shape index (κ2) is 6.93. The van der Waals surface area contributed by atoms with Crippen molar-refractivity contribution >= 4 is 16.5 Å². The number of rotatable bonds is 5. The maximum Gasteiger partial charge on any atom is 0.251 e.